The van der Waals surface area contributed by atoms with Crippen molar-refractivity contribution in [1.29, 1.82) is 0 Å². The zero-order valence-electron chi connectivity index (χ0n) is 13.9. The van der Waals surface area contributed by atoms with Crippen LogP contribution in [0.25, 0.3) is 11.1 Å². The van der Waals surface area contributed by atoms with Gasteiger partial charge in [-0.05, 0) is 55.5 Å². The van der Waals surface area contributed by atoms with Gasteiger partial charge in [-0.1, -0.05) is 61.7 Å². The maximum Gasteiger partial charge on any atom is 0.159 e. The lowest BCUT2D eigenvalue weighted by atomic mass is 9.93. The van der Waals surface area contributed by atoms with Gasteiger partial charge >= 0.3 is 0 Å². The molecule has 0 aliphatic heterocycles. The molecular weight excluding hydrogens is 268 g/mol. The van der Waals surface area contributed by atoms with Crippen molar-refractivity contribution in [3.8, 4) is 0 Å². The van der Waals surface area contributed by atoms with Crippen LogP contribution in [0.15, 0.2) is 72.9 Å². The Morgan fingerprint density at radius 1 is 0.864 bits per heavy atom. The van der Waals surface area contributed by atoms with Crippen molar-refractivity contribution in [2.24, 2.45) is 0 Å². The van der Waals surface area contributed by atoms with E-state index in [1.807, 2.05) is 50.3 Å². The van der Waals surface area contributed by atoms with Gasteiger partial charge in [0.25, 0.3) is 0 Å². The summed E-state index contributed by atoms with van der Waals surface area (Å²) >= 11 is 0. The third-order valence-corrected chi connectivity index (χ3v) is 3.51. The second-order valence-electron chi connectivity index (χ2n) is 5.19. The van der Waals surface area contributed by atoms with Crippen LogP contribution in [0.3, 0.4) is 0 Å². The van der Waals surface area contributed by atoms with E-state index in [0.717, 1.165) is 22.3 Å². The largest absolute Gasteiger partial charge is 0.295 e. The van der Waals surface area contributed by atoms with E-state index in [2.05, 4.69) is 32.2 Å². The van der Waals surface area contributed by atoms with Gasteiger partial charge in [0.15, 0.2) is 5.78 Å². The molecule has 1 heteroatoms. The van der Waals surface area contributed by atoms with Gasteiger partial charge in [-0.2, -0.15) is 0 Å². The number of hydrogen-bond donors (Lipinski definition) is 0. The molecule has 0 aliphatic carbocycles. The monoisotopic (exact) mass is 292 g/mol. The minimum atomic E-state index is -0.00925. The van der Waals surface area contributed by atoms with E-state index in [0.29, 0.717) is 5.57 Å². The molecule has 0 N–H and O–H groups in total. The molecule has 114 valence electrons. The van der Waals surface area contributed by atoms with Crippen molar-refractivity contribution in [3.05, 3.63) is 84.0 Å². The fourth-order valence-corrected chi connectivity index (χ4v) is 2.21. The molecule has 1 nitrogen and oxygen atoms in total. The zero-order valence-corrected chi connectivity index (χ0v) is 13.9. The predicted octanol–water partition coefficient (Wildman–Crippen LogP) is 5.77. The molecule has 0 atom stereocenters. The number of ketones is 1. The molecule has 1 aromatic carbocycles. The fraction of sp³-hybridized carbons (Fsp3) is 0.190. The Kier molecular flexibility index (Phi) is 6.52. The molecule has 0 fully saturated rings. The van der Waals surface area contributed by atoms with Crippen LogP contribution in [-0.2, 0) is 4.79 Å². The van der Waals surface area contributed by atoms with E-state index in [1.165, 1.54) is 12.5 Å². The van der Waals surface area contributed by atoms with Gasteiger partial charge in [0.05, 0.1) is 0 Å². The van der Waals surface area contributed by atoms with Crippen molar-refractivity contribution in [2.45, 2.75) is 27.7 Å². The summed E-state index contributed by atoms with van der Waals surface area (Å²) in [5.74, 6) is -0.00925. The summed E-state index contributed by atoms with van der Waals surface area (Å²) < 4.78 is 0. The molecule has 22 heavy (non-hydrogen) atoms. The highest BCUT2D eigenvalue weighted by molar-refractivity contribution is 6.18. The van der Waals surface area contributed by atoms with Crippen LogP contribution in [0.1, 0.15) is 38.8 Å². The molecule has 0 aromatic heterocycles. The predicted molar refractivity (Wildman–Crippen MR) is 97.5 cm³/mol. The van der Waals surface area contributed by atoms with E-state index in [-0.39, 0.29) is 5.78 Å². The number of allylic oxidation sites excluding steroid dienone is 8. The number of carbonyl (C=O) groups excluding carboxylic acids is 1. The van der Waals surface area contributed by atoms with Crippen molar-refractivity contribution in [3.63, 3.8) is 0 Å². The Labute approximate surface area is 134 Å². The van der Waals surface area contributed by atoms with Gasteiger partial charge in [0.1, 0.15) is 0 Å². The average Bonchev–Trinajstić information content (AvgIpc) is 2.51. The summed E-state index contributed by atoms with van der Waals surface area (Å²) in [7, 11) is 0. The number of benzene rings is 1. The molecule has 0 amide bonds. The van der Waals surface area contributed by atoms with Crippen LogP contribution in [0.5, 0.6) is 0 Å². The number of rotatable bonds is 6. The third-order valence-electron chi connectivity index (χ3n) is 3.51. The summed E-state index contributed by atoms with van der Waals surface area (Å²) in [6.45, 7) is 15.6. The van der Waals surface area contributed by atoms with Gasteiger partial charge < -0.3 is 0 Å². The van der Waals surface area contributed by atoms with E-state index in [9.17, 15) is 4.79 Å². The van der Waals surface area contributed by atoms with E-state index in [4.69, 9.17) is 0 Å². The molecule has 0 saturated heterocycles. The third kappa shape index (κ3) is 4.29. The maximum absolute atomic E-state index is 11.4. The highest BCUT2D eigenvalue weighted by Gasteiger charge is 2.08. The van der Waals surface area contributed by atoms with E-state index >= 15 is 0 Å². The lowest BCUT2D eigenvalue weighted by molar-refractivity contribution is -0.111. The first-order valence-corrected chi connectivity index (χ1v) is 7.38. The first-order valence-electron chi connectivity index (χ1n) is 7.38. The van der Waals surface area contributed by atoms with Crippen molar-refractivity contribution >= 4 is 16.9 Å². The number of hydrogen-bond acceptors (Lipinski definition) is 1. The fourth-order valence-electron chi connectivity index (χ4n) is 2.21. The smallest absolute Gasteiger partial charge is 0.159 e. The molecule has 0 heterocycles. The van der Waals surface area contributed by atoms with Crippen LogP contribution in [0.2, 0.25) is 0 Å². The average molecular weight is 292 g/mol. The first kappa shape index (κ1) is 17.6. The molecule has 1 rings (SSSR count). The topological polar surface area (TPSA) is 17.1 Å². The Morgan fingerprint density at radius 3 is 1.73 bits per heavy atom. The minimum absolute atomic E-state index is 0.00925. The van der Waals surface area contributed by atoms with Gasteiger partial charge in [-0.15, -0.1) is 0 Å². The molecule has 0 bridgehead atoms. The van der Waals surface area contributed by atoms with Crippen LogP contribution in [0.4, 0.5) is 0 Å². The van der Waals surface area contributed by atoms with Crippen molar-refractivity contribution in [2.75, 3.05) is 0 Å². The second-order valence-corrected chi connectivity index (χ2v) is 5.19. The first-order chi connectivity index (χ1) is 10.4. The quantitative estimate of drug-likeness (QED) is 0.480. The van der Waals surface area contributed by atoms with Crippen LogP contribution in [-0.4, -0.2) is 5.78 Å². The Balaban J connectivity index is 3.19. The Morgan fingerprint density at radius 2 is 1.32 bits per heavy atom. The molecule has 0 unspecified atom stereocenters. The summed E-state index contributed by atoms with van der Waals surface area (Å²) in [5, 5.41) is 0. The molecule has 0 aliphatic rings. The zero-order chi connectivity index (χ0) is 16.7. The normalized spacial score (nSPS) is 12.5. The molecular formula is C21H24O. The minimum Gasteiger partial charge on any atom is -0.295 e. The second kappa shape index (κ2) is 8.14. The highest BCUT2D eigenvalue weighted by atomic mass is 16.1. The van der Waals surface area contributed by atoms with E-state index < -0.39 is 0 Å². The maximum atomic E-state index is 11.4. The SMILES string of the molecule is C=C(C(C)=O)c1ccc(C(=C)C(/C=C\C)=C(C)\C=C/C)cc1. The Bertz CT molecular complexity index is 664. The van der Waals surface area contributed by atoms with Crippen molar-refractivity contribution < 1.29 is 4.79 Å². The van der Waals surface area contributed by atoms with Gasteiger partial charge in [-0.3, -0.25) is 4.79 Å². The lowest BCUT2D eigenvalue weighted by Gasteiger charge is -2.11. The van der Waals surface area contributed by atoms with Crippen LogP contribution < -0.4 is 0 Å². The summed E-state index contributed by atoms with van der Waals surface area (Å²) in [6, 6.07) is 7.81. The lowest BCUT2D eigenvalue weighted by Crippen LogP contribution is -1.95. The van der Waals surface area contributed by atoms with Gasteiger partial charge in [0, 0.05) is 5.57 Å². The standard InChI is InChI=1S/C21H24O/c1-7-9-15(3)21(10-8-2)17(5)20-13-11-19(12-14-20)16(4)18(6)22/h7-14H,4-5H2,1-3,6H3/b9-7-,10-8-,21-15-. The molecule has 0 saturated carbocycles. The van der Waals surface area contributed by atoms with Crippen LogP contribution in [0, 0.1) is 0 Å². The van der Waals surface area contributed by atoms with Crippen LogP contribution >= 0.6 is 0 Å². The molecule has 1 aromatic rings. The number of carbonyl (C=O) groups is 1. The highest BCUT2D eigenvalue weighted by Crippen LogP contribution is 2.27. The number of Topliss-reactive ketones (excluding diaryl/α,β-unsaturated/α-hetero) is 1. The van der Waals surface area contributed by atoms with Gasteiger partial charge in [0.2, 0.25) is 0 Å². The molecule has 0 spiro atoms. The van der Waals surface area contributed by atoms with E-state index in [1.54, 1.807) is 0 Å². The summed E-state index contributed by atoms with van der Waals surface area (Å²) in [6.07, 6.45) is 8.18. The summed E-state index contributed by atoms with van der Waals surface area (Å²) in [5.41, 5.74) is 5.67. The summed E-state index contributed by atoms with van der Waals surface area (Å²) in [4.78, 5) is 11.4. The van der Waals surface area contributed by atoms with Gasteiger partial charge in [-0.25, -0.2) is 0 Å². The van der Waals surface area contributed by atoms with Crippen molar-refractivity contribution in [1.82, 2.24) is 0 Å². The molecule has 0 radical (unpaired) electrons. The Hall–Kier alpha value is -2.41.